The van der Waals surface area contributed by atoms with Crippen molar-refractivity contribution in [2.75, 3.05) is 6.61 Å². The fraction of sp³-hybridized carbons (Fsp3) is 0.882. The van der Waals surface area contributed by atoms with Gasteiger partial charge in [-0.3, -0.25) is 4.79 Å². The van der Waals surface area contributed by atoms with E-state index in [2.05, 4.69) is 12.2 Å². The number of nitrogens with one attached hydrogen (secondary N) is 1. The third-order valence-corrected chi connectivity index (χ3v) is 3.83. The van der Waals surface area contributed by atoms with Crippen molar-refractivity contribution in [3.63, 3.8) is 0 Å². The molecule has 1 atom stereocenters. The number of hydrogen-bond acceptors (Lipinski definition) is 3. The first kappa shape index (κ1) is 21.2. The zero-order valence-electron chi connectivity index (χ0n) is 14.2. The molecule has 0 saturated carbocycles. The highest BCUT2D eigenvalue weighted by molar-refractivity contribution is 6.30. The molecule has 0 radical (unpaired) electrons. The Morgan fingerprint density at radius 1 is 0.909 bits per heavy atom. The summed E-state index contributed by atoms with van der Waals surface area (Å²) in [5, 5.41) is 2.45. The van der Waals surface area contributed by atoms with Crippen LogP contribution in [-0.2, 0) is 14.3 Å². The molecule has 0 aliphatic rings. The van der Waals surface area contributed by atoms with Crippen molar-refractivity contribution in [3.8, 4) is 0 Å². The lowest BCUT2D eigenvalue weighted by Crippen LogP contribution is -2.37. The van der Waals surface area contributed by atoms with E-state index in [4.69, 9.17) is 16.3 Å². The van der Waals surface area contributed by atoms with E-state index < -0.39 is 11.5 Å². The molecule has 0 aromatic rings. The van der Waals surface area contributed by atoms with Crippen molar-refractivity contribution in [1.29, 1.82) is 0 Å². The number of ether oxygens (including phenoxy) is 1. The van der Waals surface area contributed by atoms with Gasteiger partial charge in [0.15, 0.2) is 0 Å². The molecule has 130 valence electrons. The Balaban J connectivity index is 3.40. The molecule has 0 bridgehead atoms. The van der Waals surface area contributed by atoms with Gasteiger partial charge in [0.05, 0.1) is 6.61 Å². The van der Waals surface area contributed by atoms with Crippen LogP contribution in [0.5, 0.6) is 0 Å². The maximum Gasteiger partial charge on any atom is 0.344 e. The smallest absolute Gasteiger partial charge is 0.344 e. The number of rotatable bonds is 14. The number of unbranched alkanes of at least 4 members (excludes halogenated alkanes) is 9. The van der Waals surface area contributed by atoms with Crippen molar-refractivity contribution in [2.24, 2.45) is 0 Å². The van der Waals surface area contributed by atoms with Crippen molar-refractivity contribution in [1.82, 2.24) is 5.32 Å². The second kappa shape index (κ2) is 15.1. The summed E-state index contributed by atoms with van der Waals surface area (Å²) >= 11 is 5.73. The van der Waals surface area contributed by atoms with Gasteiger partial charge in [0.2, 0.25) is 11.4 Å². The van der Waals surface area contributed by atoms with Crippen LogP contribution in [0, 0.1) is 0 Å². The van der Waals surface area contributed by atoms with E-state index in [-0.39, 0.29) is 12.5 Å². The second-order valence-electron chi connectivity index (χ2n) is 5.61. The fourth-order valence-corrected chi connectivity index (χ4v) is 2.45. The molecule has 0 heterocycles. The number of hydrogen-bond donors (Lipinski definition) is 1. The van der Waals surface area contributed by atoms with Crippen LogP contribution in [0.2, 0.25) is 0 Å². The molecule has 5 heteroatoms. The molecule has 0 aliphatic heterocycles. The second-order valence-corrected chi connectivity index (χ2v) is 6.05. The molecule has 22 heavy (non-hydrogen) atoms. The molecule has 1 amide bonds. The van der Waals surface area contributed by atoms with Gasteiger partial charge >= 0.3 is 5.97 Å². The summed E-state index contributed by atoms with van der Waals surface area (Å²) in [5.74, 6) is -0.784. The van der Waals surface area contributed by atoms with Gasteiger partial charge in [-0.25, -0.2) is 4.79 Å². The molecule has 0 aromatic carbocycles. The topological polar surface area (TPSA) is 55.4 Å². The summed E-state index contributed by atoms with van der Waals surface area (Å²) in [6, 6.07) is 0. The summed E-state index contributed by atoms with van der Waals surface area (Å²) in [5.41, 5.74) is -1.07. The molecule has 0 rings (SSSR count). The van der Waals surface area contributed by atoms with Crippen LogP contribution >= 0.6 is 11.6 Å². The van der Waals surface area contributed by atoms with Crippen LogP contribution in [0.3, 0.4) is 0 Å². The minimum Gasteiger partial charge on any atom is -0.464 e. The Morgan fingerprint density at radius 2 is 1.41 bits per heavy atom. The van der Waals surface area contributed by atoms with Crippen LogP contribution in [-0.4, -0.2) is 24.0 Å². The number of esters is 1. The monoisotopic (exact) mass is 333 g/mol. The molecule has 0 fully saturated rings. The maximum absolute atomic E-state index is 11.6. The van der Waals surface area contributed by atoms with Gasteiger partial charge < -0.3 is 10.1 Å². The molecular formula is C17H32ClNO3. The Hall–Kier alpha value is -0.770. The maximum atomic E-state index is 11.6. The lowest BCUT2D eigenvalue weighted by molar-refractivity contribution is -0.144. The Bertz CT molecular complexity index is 298. The zero-order valence-corrected chi connectivity index (χ0v) is 14.9. The van der Waals surface area contributed by atoms with Crippen LogP contribution < -0.4 is 5.32 Å². The molecule has 4 nitrogen and oxygen atoms in total. The van der Waals surface area contributed by atoms with Crippen LogP contribution in [0.4, 0.5) is 0 Å². The molecule has 0 saturated heterocycles. The Morgan fingerprint density at radius 3 is 1.91 bits per heavy atom. The number of alkyl halides is 1. The number of halogens is 1. The lowest BCUT2D eigenvalue weighted by atomic mass is 10.1. The summed E-state index contributed by atoms with van der Waals surface area (Å²) in [6.45, 7) is 4.19. The third-order valence-electron chi connectivity index (χ3n) is 3.54. The van der Waals surface area contributed by atoms with Crippen molar-refractivity contribution >= 4 is 23.5 Å². The normalized spacial score (nSPS) is 12.0. The van der Waals surface area contributed by atoms with Gasteiger partial charge in [-0.15, -0.1) is 0 Å². The first-order chi connectivity index (χ1) is 10.6. The predicted octanol–water partition coefficient (Wildman–Crippen LogP) is 4.54. The minimum atomic E-state index is -1.07. The third kappa shape index (κ3) is 12.9. The minimum absolute atomic E-state index is 0.187. The standard InChI is InChI=1S/C17H32ClNO3/c1-3-5-6-7-8-9-10-11-12-13-14-15(20)19-16(18)17(21)22-4-2/h16H,3-14H2,1-2H3,(H,19,20)/t16-/m1/s1. The largest absolute Gasteiger partial charge is 0.464 e. The summed E-state index contributed by atoms with van der Waals surface area (Å²) in [6.07, 6.45) is 12.7. The molecule has 0 aromatic heterocycles. The number of carbonyl (C=O) groups is 2. The Labute approximate surface area is 140 Å². The first-order valence-electron chi connectivity index (χ1n) is 8.71. The van der Waals surface area contributed by atoms with E-state index in [1.165, 1.54) is 51.4 Å². The number of amides is 1. The predicted molar refractivity (Wildman–Crippen MR) is 90.9 cm³/mol. The SMILES string of the molecule is CCCCCCCCCCCCC(=O)N[C@@H](Cl)C(=O)OCC. The van der Waals surface area contributed by atoms with E-state index in [0.717, 1.165) is 12.8 Å². The van der Waals surface area contributed by atoms with Gasteiger partial charge in [-0.2, -0.15) is 0 Å². The fourth-order valence-electron chi connectivity index (χ4n) is 2.26. The van der Waals surface area contributed by atoms with E-state index in [1.807, 2.05) is 0 Å². The van der Waals surface area contributed by atoms with E-state index in [9.17, 15) is 9.59 Å². The quantitative estimate of drug-likeness (QED) is 0.220. The molecule has 0 unspecified atom stereocenters. The van der Waals surface area contributed by atoms with Gasteiger partial charge in [-0.05, 0) is 13.3 Å². The number of carbonyl (C=O) groups excluding carboxylic acids is 2. The average molecular weight is 334 g/mol. The average Bonchev–Trinajstić information content (AvgIpc) is 2.49. The summed E-state index contributed by atoms with van der Waals surface area (Å²) in [4.78, 5) is 22.8. The summed E-state index contributed by atoms with van der Waals surface area (Å²) in [7, 11) is 0. The van der Waals surface area contributed by atoms with Gasteiger partial charge in [-0.1, -0.05) is 76.3 Å². The zero-order chi connectivity index (χ0) is 16.6. The van der Waals surface area contributed by atoms with Crippen LogP contribution in [0.1, 0.15) is 84.5 Å². The summed E-state index contributed by atoms with van der Waals surface area (Å²) < 4.78 is 4.72. The van der Waals surface area contributed by atoms with Crippen LogP contribution in [0.15, 0.2) is 0 Å². The van der Waals surface area contributed by atoms with E-state index >= 15 is 0 Å². The van der Waals surface area contributed by atoms with Crippen LogP contribution in [0.25, 0.3) is 0 Å². The Kier molecular flexibility index (Phi) is 14.6. The molecule has 0 aliphatic carbocycles. The van der Waals surface area contributed by atoms with E-state index in [0.29, 0.717) is 6.42 Å². The molecule has 1 N–H and O–H groups in total. The van der Waals surface area contributed by atoms with Crippen molar-refractivity contribution in [2.45, 2.75) is 90.0 Å². The lowest BCUT2D eigenvalue weighted by Gasteiger charge is -2.10. The molecule has 0 spiro atoms. The molecular weight excluding hydrogens is 302 g/mol. The van der Waals surface area contributed by atoms with Crippen molar-refractivity contribution < 1.29 is 14.3 Å². The van der Waals surface area contributed by atoms with Gasteiger partial charge in [0, 0.05) is 6.42 Å². The van der Waals surface area contributed by atoms with Crippen molar-refractivity contribution in [3.05, 3.63) is 0 Å². The first-order valence-corrected chi connectivity index (χ1v) is 9.15. The van der Waals surface area contributed by atoms with Gasteiger partial charge in [0.1, 0.15) is 0 Å². The van der Waals surface area contributed by atoms with Gasteiger partial charge in [0.25, 0.3) is 0 Å². The highest BCUT2D eigenvalue weighted by atomic mass is 35.5. The highest BCUT2D eigenvalue weighted by Gasteiger charge is 2.18. The van der Waals surface area contributed by atoms with E-state index in [1.54, 1.807) is 6.92 Å². The highest BCUT2D eigenvalue weighted by Crippen LogP contribution is 2.11.